The molecule has 0 saturated carbocycles. The van der Waals surface area contributed by atoms with E-state index in [1.54, 1.807) is 17.8 Å². The number of aryl methyl sites for hydroxylation is 1. The van der Waals surface area contributed by atoms with Crippen molar-refractivity contribution in [1.82, 2.24) is 9.78 Å². The van der Waals surface area contributed by atoms with E-state index in [0.29, 0.717) is 18.7 Å². The van der Waals surface area contributed by atoms with E-state index in [0.717, 1.165) is 17.9 Å². The zero-order chi connectivity index (χ0) is 15.2. The first-order chi connectivity index (χ1) is 10.2. The van der Waals surface area contributed by atoms with Crippen LogP contribution < -0.4 is 4.90 Å². The minimum absolute atomic E-state index is 0.315. The molecule has 0 saturated heterocycles. The summed E-state index contributed by atoms with van der Waals surface area (Å²) in [6.45, 7) is 5.72. The Morgan fingerprint density at radius 1 is 1.29 bits per heavy atom. The summed E-state index contributed by atoms with van der Waals surface area (Å²) in [5.41, 5.74) is 2.52. The maximum Gasteiger partial charge on any atom is 0.341 e. The zero-order valence-corrected chi connectivity index (χ0v) is 12.7. The molecule has 112 valence electrons. The van der Waals surface area contributed by atoms with E-state index >= 15 is 0 Å². The van der Waals surface area contributed by atoms with Crippen LogP contribution in [0.3, 0.4) is 0 Å². The van der Waals surface area contributed by atoms with Gasteiger partial charge in [-0.05, 0) is 26.0 Å². The summed E-state index contributed by atoms with van der Waals surface area (Å²) in [4.78, 5) is 14.2. The van der Waals surface area contributed by atoms with Gasteiger partial charge >= 0.3 is 5.97 Å². The van der Waals surface area contributed by atoms with E-state index < -0.39 is 0 Å². The highest BCUT2D eigenvalue weighted by molar-refractivity contribution is 5.90. The van der Waals surface area contributed by atoms with Crippen LogP contribution in [0.2, 0.25) is 0 Å². The molecule has 0 bridgehead atoms. The molecular formula is C16H21N3O2. The minimum Gasteiger partial charge on any atom is -0.462 e. The lowest BCUT2D eigenvalue weighted by atomic mass is 10.2. The largest absolute Gasteiger partial charge is 0.462 e. The van der Waals surface area contributed by atoms with Crippen molar-refractivity contribution in [2.75, 3.05) is 18.1 Å². The second kappa shape index (κ2) is 6.92. The van der Waals surface area contributed by atoms with Crippen LogP contribution in [0.15, 0.2) is 36.5 Å². The van der Waals surface area contributed by atoms with Gasteiger partial charge in [-0.2, -0.15) is 5.10 Å². The van der Waals surface area contributed by atoms with Crippen LogP contribution in [0.25, 0.3) is 0 Å². The van der Waals surface area contributed by atoms with Crippen molar-refractivity contribution in [3.8, 4) is 0 Å². The van der Waals surface area contributed by atoms with E-state index in [2.05, 4.69) is 29.1 Å². The average molecular weight is 287 g/mol. The summed E-state index contributed by atoms with van der Waals surface area (Å²) in [7, 11) is 1.84. The predicted molar refractivity (Wildman–Crippen MR) is 82.3 cm³/mol. The molecule has 0 aliphatic carbocycles. The molecule has 0 aliphatic rings. The van der Waals surface area contributed by atoms with Gasteiger partial charge in [-0.3, -0.25) is 4.68 Å². The van der Waals surface area contributed by atoms with Crippen molar-refractivity contribution in [2.45, 2.75) is 20.4 Å². The number of anilines is 1. The SMILES string of the molecule is CCOC(=O)c1cnn(C)c1CN(CC)c1ccccc1. The third kappa shape index (κ3) is 3.42. The van der Waals surface area contributed by atoms with Crippen molar-refractivity contribution < 1.29 is 9.53 Å². The van der Waals surface area contributed by atoms with Crippen molar-refractivity contribution >= 4 is 11.7 Å². The summed E-state index contributed by atoms with van der Waals surface area (Å²) in [5, 5.41) is 4.19. The van der Waals surface area contributed by atoms with Crippen molar-refractivity contribution in [2.24, 2.45) is 7.05 Å². The number of hydrogen-bond acceptors (Lipinski definition) is 4. The molecule has 0 unspecified atom stereocenters. The maximum absolute atomic E-state index is 12.0. The number of rotatable bonds is 6. The molecule has 21 heavy (non-hydrogen) atoms. The number of carbonyl (C=O) groups is 1. The Kier molecular flexibility index (Phi) is 4.98. The topological polar surface area (TPSA) is 47.4 Å². The van der Waals surface area contributed by atoms with Gasteiger partial charge in [0.15, 0.2) is 0 Å². The van der Waals surface area contributed by atoms with Crippen LogP contribution in [-0.2, 0) is 18.3 Å². The standard InChI is InChI=1S/C16H21N3O2/c1-4-19(13-9-7-6-8-10-13)12-15-14(11-17-18(15)3)16(20)21-5-2/h6-11H,4-5,12H2,1-3H3. The Labute approximate surface area is 125 Å². The molecule has 1 aromatic heterocycles. The molecule has 2 rings (SSSR count). The van der Waals surface area contributed by atoms with Gasteiger partial charge in [0, 0.05) is 19.3 Å². The fourth-order valence-corrected chi connectivity index (χ4v) is 2.23. The molecule has 5 nitrogen and oxygen atoms in total. The third-order valence-electron chi connectivity index (χ3n) is 3.40. The Bertz CT molecular complexity index is 593. The number of hydrogen-bond donors (Lipinski definition) is 0. The number of para-hydroxylation sites is 1. The van der Waals surface area contributed by atoms with Crippen LogP contribution in [0.5, 0.6) is 0 Å². The Morgan fingerprint density at radius 2 is 2.00 bits per heavy atom. The minimum atomic E-state index is -0.315. The zero-order valence-electron chi connectivity index (χ0n) is 12.7. The van der Waals surface area contributed by atoms with E-state index in [1.165, 1.54) is 0 Å². The summed E-state index contributed by atoms with van der Waals surface area (Å²) in [5.74, 6) is -0.315. The van der Waals surface area contributed by atoms with Gasteiger partial charge in [-0.15, -0.1) is 0 Å². The highest BCUT2D eigenvalue weighted by Crippen LogP contribution is 2.18. The second-order valence-corrected chi connectivity index (χ2v) is 4.70. The van der Waals surface area contributed by atoms with Crippen molar-refractivity contribution in [3.63, 3.8) is 0 Å². The van der Waals surface area contributed by atoms with Gasteiger partial charge < -0.3 is 9.64 Å². The molecule has 0 aliphatic heterocycles. The van der Waals surface area contributed by atoms with Crippen LogP contribution >= 0.6 is 0 Å². The highest BCUT2D eigenvalue weighted by atomic mass is 16.5. The number of esters is 1. The Hall–Kier alpha value is -2.30. The summed E-state index contributed by atoms with van der Waals surface area (Å²) in [6, 6.07) is 10.1. The lowest BCUT2D eigenvalue weighted by molar-refractivity contribution is 0.0525. The number of carbonyl (C=O) groups excluding carboxylic acids is 1. The summed E-state index contributed by atoms with van der Waals surface area (Å²) < 4.78 is 6.83. The highest BCUT2D eigenvalue weighted by Gasteiger charge is 2.19. The number of nitrogens with zero attached hydrogens (tertiary/aromatic N) is 3. The number of aromatic nitrogens is 2. The molecule has 0 N–H and O–H groups in total. The first-order valence-electron chi connectivity index (χ1n) is 7.15. The molecule has 1 aromatic carbocycles. The average Bonchev–Trinajstić information content (AvgIpc) is 2.87. The van der Waals surface area contributed by atoms with E-state index in [4.69, 9.17) is 4.74 Å². The lowest BCUT2D eigenvalue weighted by Crippen LogP contribution is -2.25. The van der Waals surface area contributed by atoms with Gasteiger partial charge in [0.25, 0.3) is 0 Å². The van der Waals surface area contributed by atoms with Gasteiger partial charge in [0.2, 0.25) is 0 Å². The molecule has 5 heteroatoms. The first kappa shape index (κ1) is 15.1. The van der Waals surface area contributed by atoms with Gasteiger partial charge in [-0.1, -0.05) is 18.2 Å². The lowest BCUT2D eigenvalue weighted by Gasteiger charge is -2.23. The Morgan fingerprint density at radius 3 is 2.62 bits per heavy atom. The van der Waals surface area contributed by atoms with Gasteiger partial charge in [0.1, 0.15) is 5.56 Å². The second-order valence-electron chi connectivity index (χ2n) is 4.70. The molecule has 0 atom stereocenters. The molecular weight excluding hydrogens is 266 g/mol. The fourth-order valence-electron chi connectivity index (χ4n) is 2.23. The van der Waals surface area contributed by atoms with Crippen LogP contribution in [0.4, 0.5) is 5.69 Å². The summed E-state index contributed by atoms with van der Waals surface area (Å²) in [6.07, 6.45) is 1.58. The molecule has 1 heterocycles. The van der Waals surface area contributed by atoms with Gasteiger partial charge in [0.05, 0.1) is 25.0 Å². The molecule has 0 amide bonds. The van der Waals surface area contributed by atoms with E-state index in [1.807, 2.05) is 25.2 Å². The molecule has 0 radical (unpaired) electrons. The van der Waals surface area contributed by atoms with Crippen LogP contribution in [0, 0.1) is 0 Å². The smallest absolute Gasteiger partial charge is 0.341 e. The quantitative estimate of drug-likeness (QED) is 0.766. The van der Waals surface area contributed by atoms with Crippen molar-refractivity contribution in [1.29, 1.82) is 0 Å². The normalized spacial score (nSPS) is 10.4. The monoisotopic (exact) mass is 287 g/mol. The third-order valence-corrected chi connectivity index (χ3v) is 3.40. The summed E-state index contributed by atoms with van der Waals surface area (Å²) >= 11 is 0. The van der Waals surface area contributed by atoms with Crippen molar-refractivity contribution in [3.05, 3.63) is 47.8 Å². The maximum atomic E-state index is 12.0. The molecule has 2 aromatic rings. The van der Waals surface area contributed by atoms with Crippen LogP contribution in [0.1, 0.15) is 29.9 Å². The molecule has 0 fully saturated rings. The Balaban J connectivity index is 2.26. The molecule has 0 spiro atoms. The number of benzene rings is 1. The first-order valence-corrected chi connectivity index (χ1v) is 7.15. The predicted octanol–water partition coefficient (Wildman–Crippen LogP) is 2.62. The van der Waals surface area contributed by atoms with Crippen LogP contribution in [-0.4, -0.2) is 28.9 Å². The van der Waals surface area contributed by atoms with E-state index in [9.17, 15) is 4.79 Å². The van der Waals surface area contributed by atoms with E-state index in [-0.39, 0.29) is 5.97 Å². The fraction of sp³-hybridized carbons (Fsp3) is 0.375. The number of ether oxygens (including phenoxy) is 1. The van der Waals surface area contributed by atoms with Gasteiger partial charge in [-0.25, -0.2) is 4.79 Å².